The van der Waals surface area contributed by atoms with Gasteiger partial charge in [-0.3, -0.25) is 4.90 Å². The smallest absolute Gasteiger partial charge is 0.191 e. The molecular weight excluding hydrogens is 533 g/mol. The third-order valence-electron chi connectivity index (χ3n) is 6.68. The fourth-order valence-corrected chi connectivity index (χ4v) is 4.87. The van der Waals surface area contributed by atoms with Crippen molar-refractivity contribution < 1.29 is 9.15 Å². The number of guanidine groups is 1. The predicted molar refractivity (Wildman–Crippen MR) is 139 cm³/mol. The van der Waals surface area contributed by atoms with E-state index >= 15 is 0 Å². The third kappa shape index (κ3) is 7.16. The van der Waals surface area contributed by atoms with Gasteiger partial charge < -0.3 is 24.4 Å². The molecule has 1 aliphatic heterocycles. The van der Waals surface area contributed by atoms with Gasteiger partial charge in [-0.05, 0) is 25.0 Å². The number of aliphatic imine (C=N–C) groups is 1. The molecule has 184 valence electrons. The maximum Gasteiger partial charge on any atom is 0.191 e. The van der Waals surface area contributed by atoms with Crippen LogP contribution in [0.25, 0.3) is 0 Å². The number of aromatic nitrogens is 3. The van der Waals surface area contributed by atoms with E-state index in [1.165, 1.54) is 32.1 Å². The minimum Gasteiger partial charge on any atom is -0.467 e. The Kier molecular flexibility index (Phi) is 10.4. The molecule has 2 fully saturated rings. The lowest BCUT2D eigenvalue weighted by atomic mass is 9.80. The number of furan rings is 1. The maximum absolute atomic E-state index is 5.63. The van der Waals surface area contributed by atoms with Crippen molar-refractivity contribution in [3.8, 4) is 0 Å². The molecule has 0 atom stereocenters. The zero-order chi connectivity index (χ0) is 22.1. The quantitative estimate of drug-likeness (QED) is 0.272. The van der Waals surface area contributed by atoms with Gasteiger partial charge in [0.1, 0.15) is 24.5 Å². The molecular formula is C23H38IN7O2. The molecule has 0 radical (unpaired) electrons. The average molecular weight is 572 g/mol. The number of aryl methyl sites for hydroxylation is 1. The van der Waals surface area contributed by atoms with Gasteiger partial charge in [0, 0.05) is 44.7 Å². The molecule has 1 saturated heterocycles. The van der Waals surface area contributed by atoms with Crippen LogP contribution in [0.5, 0.6) is 0 Å². The highest BCUT2D eigenvalue weighted by molar-refractivity contribution is 14.0. The van der Waals surface area contributed by atoms with E-state index in [0.29, 0.717) is 6.54 Å². The summed E-state index contributed by atoms with van der Waals surface area (Å²) in [5.41, 5.74) is 0.179. The Bertz CT molecular complexity index is 828. The number of hydrogen-bond donors (Lipinski definition) is 2. The summed E-state index contributed by atoms with van der Waals surface area (Å²) in [5, 5.41) is 15.4. The van der Waals surface area contributed by atoms with Gasteiger partial charge in [0.2, 0.25) is 0 Å². The molecule has 2 N–H and O–H groups in total. The lowest BCUT2D eigenvalue weighted by molar-refractivity contribution is -0.0352. The van der Waals surface area contributed by atoms with Crippen molar-refractivity contribution in [1.29, 1.82) is 0 Å². The molecule has 0 aromatic carbocycles. The van der Waals surface area contributed by atoms with E-state index in [0.717, 1.165) is 69.9 Å². The summed E-state index contributed by atoms with van der Waals surface area (Å²) in [4.78, 5) is 7.46. The van der Waals surface area contributed by atoms with Gasteiger partial charge in [-0.25, -0.2) is 4.99 Å². The van der Waals surface area contributed by atoms with Gasteiger partial charge >= 0.3 is 0 Å². The minimum absolute atomic E-state index is 0. The standard InChI is InChI=1S/C23H37N7O2.HI/c1-2-21-28-27-19-29(21)11-10-24-22(25-17-20-7-6-14-32-20)26-18-23(8-4-3-5-9-23)30-12-15-31-16-13-30;/h6-7,14,19H,2-5,8-13,15-18H2,1H3,(H2,24,25,26);1H. The molecule has 0 spiro atoms. The van der Waals surface area contributed by atoms with Crippen LogP contribution in [0.3, 0.4) is 0 Å². The first-order valence-electron chi connectivity index (χ1n) is 12.0. The van der Waals surface area contributed by atoms with Crippen molar-refractivity contribution in [3.63, 3.8) is 0 Å². The van der Waals surface area contributed by atoms with Crippen LogP contribution in [0, 0.1) is 0 Å². The number of nitrogens with one attached hydrogen (secondary N) is 2. The molecule has 10 heteroatoms. The summed E-state index contributed by atoms with van der Waals surface area (Å²) in [6.07, 6.45) is 10.7. The average Bonchev–Trinajstić information content (AvgIpc) is 3.53. The van der Waals surface area contributed by atoms with Gasteiger partial charge in [0.25, 0.3) is 0 Å². The van der Waals surface area contributed by atoms with Crippen molar-refractivity contribution in [2.75, 3.05) is 39.4 Å². The van der Waals surface area contributed by atoms with Crippen LogP contribution >= 0.6 is 24.0 Å². The summed E-state index contributed by atoms with van der Waals surface area (Å²) in [7, 11) is 0. The lowest BCUT2D eigenvalue weighted by Crippen LogP contribution is -2.60. The molecule has 33 heavy (non-hydrogen) atoms. The SMILES string of the molecule is CCc1nncn1CCNC(=NCc1ccco1)NCC1(N2CCOCC2)CCCCC1.I. The number of rotatable bonds is 9. The predicted octanol–water partition coefficient (Wildman–Crippen LogP) is 2.82. The van der Waals surface area contributed by atoms with E-state index in [9.17, 15) is 0 Å². The number of ether oxygens (including phenoxy) is 1. The normalized spacial score (nSPS) is 19.1. The summed E-state index contributed by atoms with van der Waals surface area (Å²) in [5.74, 6) is 2.69. The Balaban J connectivity index is 0.00000306. The van der Waals surface area contributed by atoms with Crippen molar-refractivity contribution in [2.45, 2.75) is 64.1 Å². The second-order valence-electron chi connectivity index (χ2n) is 8.70. The zero-order valence-corrected chi connectivity index (χ0v) is 22.0. The number of halogens is 1. The van der Waals surface area contributed by atoms with E-state index in [-0.39, 0.29) is 29.5 Å². The van der Waals surface area contributed by atoms with E-state index in [1.807, 2.05) is 12.1 Å². The maximum atomic E-state index is 5.63. The minimum atomic E-state index is 0. The number of hydrogen-bond acceptors (Lipinski definition) is 6. The molecule has 2 aromatic heterocycles. The van der Waals surface area contributed by atoms with Crippen molar-refractivity contribution in [3.05, 3.63) is 36.3 Å². The fraction of sp³-hybridized carbons (Fsp3) is 0.696. The summed E-state index contributed by atoms with van der Waals surface area (Å²) >= 11 is 0. The molecule has 1 saturated carbocycles. The fourth-order valence-electron chi connectivity index (χ4n) is 4.87. The highest BCUT2D eigenvalue weighted by Crippen LogP contribution is 2.33. The topological polar surface area (TPSA) is 92.7 Å². The highest BCUT2D eigenvalue weighted by atomic mass is 127. The molecule has 3 heterocycles. The van der Waals surface area contributed by atoms with Crippen LogP contribution in [0.1, 0.15) is 50.6 Å². The second kappa shape index (κ2) is 13.3. The molecule has 1 aliphatic carbocycles. The molecule has 0 unspecified atom stereocenters. The van der Waals surface area contributed by atoms with Crippen LogP contribution in [0.15, 0.2) is 34.1 Å². The van der Waals surface area contributed by atoms with Crippen molar-refractivity contribution in [2.24, 2.45) is 4.99 Å². The molecule has 2 aromatic rings. The van der Waals surface area contributed by atoms with Crippen LogP contribution < -0.4 is 10.6 Å². The van der Waals surface area contributed by atoms with E-state index in [4.69, 9.17) is 14.1 Å². The monoisotopic (exact) mass is 571 g/mol. The molecule has 0 amide bonds. The van der Waals surface area contributed by atoms with Crippen molar-refractivity contribution in [1.82, 2.24) is 30.3 Å². The molecule has 4 rings (SSSR count). The Labute approximate surface area is 213 Å². The first-order valence-corrected chi connectivity index (χ1v) is 12.0. The third-order valence-corrected chi connectivity index (χ3v) is 6.68. The summed E-state index contributed by atoms with van der Waals surface area (Å²) < 4.78 is 13.2. The van der Waals surface area contributed by atoms with E-state index in [2.05, 4.69) is 37.2 Å². The first kappa shape index (κ1) is 26.0. The Morgan fingerprint density at radius 3 is 2.73 bits per heavy atom. The number of nitrogens with zero attached hydrogens (tertiary/aromatic N) is 5. The van der Waals surface area contributed by atoms with Crippen LogP contribution in [-0.2, 0) is 24.2 Å². The van der Waals surface area contributed by atoms with Gasteiger partial charge in [-0.1, -0.05) is 26.2 Å². The van der Waals surface area contributed by atoms with Gasteiger partial charge in [0.15, 0.2) is 5.96 Å². The van der Waals surface area contributed by atoms with Crippen LogP contribution in [0.4, 0.5) is 0 Å². The van der Waals surface area contributed by atoms with E-state index < -0.39 is 0 Å². The molecule has 0 bridgehead atoms. The number of morpholine rings is 1. The van der Waals surface area contributed by atoms with E-state index in [1.54, 1.807) is 12.6 Å². The molecule has 2 aliphatic rings. The Morgan fingerprint density at radius 1 is 1.18 bits per heavy atom. The van der Waals surface area contributed by atoms with Gasteiger partial charge in [-0.2, -0.15) is 0 Å². The highest BCUT2D eigenvalue weighted by Gasteiger charge is 2.38. The molecule has 9 nitrogen and oxygen atoms in total. The Morgan fingerprint density at radius 2 is 2.00 bits per heavy atom. The van der Waals surface area contributed by atoms with Crippen molar-refractivity contribution >= 4 is 29.9 Å². The van der Waals surface area contributed by atoms with Crippen LogP contribution in [-0.4, -0.2) is 70.6 Å². The second-order valence-corrected chi connectivity index (χ2v) is 8.70. The Hall–Kier alpha value is -1.66. The zero-order valence-electron chi connectivity index (χ0n) is 19.7. The largest absolute Gasteiger partial charge is 0.467 e. The summed E-state index contributed by atoms with van der Waals surface area (Å²) in [6, 6.07) is 3.86. The summed E-state index contributed by atoms with van der Waals surface area (Å²) in [6.45, 7) is 8.75. The van der Waals surface area contributed by atoms with Gasteiger partial charge in [0.05, 0.1) is 19.5 Å². The van der Waals surface area contributed by atoms with Gasteiger partial charge in [-0.15, -0.1) is 34.2 Å². The first-order chi connectivity index (χ1) is 15.8. The lowest BCUT2D eigenvalue weighted by Gasteiger charge is -2.48. The van der Waals surface area contributed by atoms with Crippen LogP contribution in [0.2, 0.25) is 0 Å².